The summed E-state index contributed by atoms with van der Waals surface area (Å²) >= 11 is 6.11. The summed E-state index contributed by atoms with van der Waals surface area (Å²) in [6.45, 7) is 5.93. The van der Waals surface area contributed by atoms with Gasteiger partial charge in [0, 0.05) is 10.7 Å². The molecule has 0 aliphatic rings. The van der Waals surface area contributed by atoms with Crippen molar-refractivity contribution in [2.24, 2.45) is 0 Å². The van der Waals surface area contributed by atoms with Crippen LogP contribution in [-0.2, 0) is 17.8 Å². The monoisotopic (exact) mass is 460 g/mol. The molecule has 166 valence electrons. The van der Waals surface area contributed by atoms with E-state index < -0.39 is 5.91 Å². The molecule has 0 aliphatic carbocycles. The maximum Gasteiger partial charge on any atom is 0.266 e. The highest BCUT2D eigenvalue weighted by Crippen LogP contribution is 2.25. The van der Waals surface area contributed by atoms with Crippen LogP contribution in [0.25, 0.3) is 6.08 Å². The van der Waals surface area contributed by atoms with Gasteiger partial charge in [-0.1, -0.05) is 41.9 Å². The summed E-state index contributed by atoms with van der Waals surface area (Å²) in [5.74, 6) is -0.182. The van der Waals surface area contributed by atoms with E-state index in [0.29, 0.717) is 28.4 Å². The van der Waals surface area contributed by atoms with Gasteiger partial charge in [-0.3, -0.25) is 4.79 Å². The third-order valence-electron chi connectivity index (χ3n) is 4.86. The Morgan fingerprint density at radius 3 is 2.61 bits per heavy atom. The van der Waals surface area contributed by atoms with Crippen LogP contribution < -0.4 is 10.1 Å². The number of hydrogen-bond donors (Lipinski definition) is 1. The van der Waals surface area contributed by atoms with Crippen LogP contribution in [0.2, 0.25) is 5.02 Å². The van der Waals surface area contributed by atoms with E-state index in [1.807, 2.05) is 19.1 Å². The summed E-state index contributed by atoms with van der Waals surface area (Å²) in [7, 11) is 0. The van der Waals surface area contributed by atoms with Crippen molar-refractivity contribution in [3.05, 3.63) is 112 Å². The minimum Gasteiger partial charge on any atom is -0.489 e. The number of halogens is 2. The summed E-state index contributed by atoms with van der Waals surface area (Å²) in [5.41, 5.74) is 3.72. The number of aryl methyl sites for hydroxylation is 1. The van der Waals surface area contributed by atoms with Gasteiger partial charge in [-0.05, 0) is 78.1 Å². The Balaban J connectivity index is 1.78. The third-order valence-corrected chi connectivity index (χ3v) is 5.27. The highest BCUT2D eigenvalue weighted by Gasteiger charge is 2.12. The molecule has 1 amide bonds. The summed E-state index contributed by atoms with van der Waals surface area (Å²) < 4.78 is 19.0. The van der Waals surface area contributed by atoms with Gasteiger partial charge in [-0.15, -0.1) is 6.58 Å². The molecular formula is C27H22ClFN2O2. The van der Waals surface area contributed by atoms with Crippen LogP contribution in [-0.4, -0.2) is 5.91 Å². The van der Waals surface area contributed by atoms with Crippen LogP contribution >= 0.6 is 11.6 Å². The number of allylic oxidation sites excluding steroid dienone is 1. The Bertz CT molecular complexity index is 1240. The van der Waals surface area contributed by atoms with E-state index >= 15 is 0 Å². The summed E-state index contributed by atoms with van der Waals surface area (Å²) in [6, 6.07) is 18.6. The number of carbonyl (C=O) groups is 1. The minimum absolute atomic E-state index is 0.0452. The molecule has 0 spiro atoms. The van der Waals surface area contributed by atoms with E-state index in [2.05, 4.69) is 11.9 Å². The minimum atomic E-state index is -0.528. The number of amides is 1. The highest BCUT2D eigenvalue weighted by atomic mass is 35.5. The first kappa shape index (κ1) is 23.8. The van der Waals surface area contributed by atoms with Crippen molar-refractivity contribution < 1.29 is 13.9 Å². The number of benzene rings is 3. The Morgan fingerprint density at radius 2 is 1.94 bits per heavy atom. The fourth-order valence-corrected chi connectivity index (χ4v) is 3.25. The Hall–Kier alpha value is -3.88. The molecule has 0 saturated carbocycles. The number of anilines is 1. The lowest BCUT2D eigenvalue weighted by molar-refractivity contribution is -0.112. The number of nitrogens with one attached hydrogen (secondary N) is 1. The predicted octanol–water partition coefficient (Wildman–Crippen LogP) is 6.64. The van der Waals surface area contributed by atoms with Gasteiger partial charge in [0.1, 0.15) is 29.8 Å². The molecule has 33 heavy (non-hydrogen) atoms. The van der Waals surface area contributed by atoms with Crippen molar-refractivity contribution in [3.63, 3.8) is 0 Å². The second-order valence-corrected chi connectivity index (χ2v) is 7.77. The lowest BCUT2D eigenvalue weighted by Gasteiger charge is -2.12. The fraction of sp³-hybridized carbons (Fsp3) is 0.111. The van der Waals surface area contributed by atoms with E-state index in [9.17, 15) is 14.4 Å². The van der Waals surface area contributed by atoms with Crippen LogP contribution in [0.4, 0.5) is 10.1 Å². The molecule has 0 saturated heterocycles. The molecule has 3 aromatic rings. The number of nitrogens with zero attached hydrogens (tertiary/aromatic N) is 1. The summed E-state index contributed by atoms with van der Waals surface area (Å²) in [4.78, 5) is 12.6. The molecular weight excluding hydrogens is 439 g/mol. The van der Waals surface area contributed by atoms with Crippen LogP contribution in [0.1, 0.15) is 22.3 Å². The standard InChI is InChI=1S/C27H22ClFN2O2/c1-3-4-21-13-20(8-12-26(21)33-17-19-6-9-23(29)10-7-19)14-22(16-30)27(32)31-24-11-5-18(2)25(28)15-24/h3,5-15H,1,4,17H2,2H3,(H,31,32)/b22-14-. The average Bonchev–Trinajstić information content (AvgIpc) is 2.80. The highest BCUT2D eigenvalue weighted by molar-refractivity contribution is 6.31. The molecule has 0 bridgehead atoms. The molecule has 0 unspecified atom stereocenters. The molecule has 0 atom stereocenters. The van der Waals surface area contributed by atoms with Crippen molar-refractivity contribution in [2.75, 3.05) is 5.32 Å². The largest absolute Gasteiger partial charge is 0.489 e. The van der Waals surface area contributed by atoms with Crippen molar-refractivity contribution in [1.29, 1.82) is 5.26 Å². The zero-order chi connectivity index (χ0) is 23.8. The number of hydrogen-bond acceptors (Lipinski definition) is 3. The molecule has 0 aliphatic heterocycles. The van der Waals surface area contributed by atoms with Gasteiger partial charge < -0.3 is 10.1 Å². The summed E-state index contributed by atoms with van der Waals surface area (Å²) in [5, 5.41) is 12.7. The van der Waals surface area contributed by atoms with Crippen molar-refractivity contribution in [2.45, 2.75) is 20.0 Å². The van der Waals surface area contributed by atoms with Crippen LogP contribution in [0.15, 0.2) is 78.9 Å². The lowest BCUT2D eigenvalue weighted by Crippen LogP contribution is -2.13. The molecule has 6 heteroatoms. The van der Waals surface area contributed by atoms with Crippen LogP contribution in [0.5, 0.6) is 5.75 Å². The number of carbonyl (C=O) groups excluding carboxylic acids is 1. The molecule has 3 rings (SSSR count). The zero-order valence-corrected chi connectivity index (χ0v) is 18.8. The molecule has 0 fully saturated rings. The molecule has 0 radical (unpaired) electrons. The van der Waals surface area contributed by atoms with E-state index in [1.54, 1.807) is 48.5 Å². The second-order valence-electron chi connectivity index (χ2n) is 7.36. The smallest absolute Gasteiger partial charge is 0.266 e. The topological polar surface area (TPSA) is 62.1 Å². The normalized spacial score (nSPS) is 10.9. The Labute approximate surface area is 197 Å². The van der Waals surface area contributed by atoms with Crippen molar-refractivity contribution >= 4 is 29.3 Å². The zero-order valence-electron chi connectivity index (χ0n) is 18.1. The fourth-order valence-electron chi connectivity index (χ4n) is 3.07. The molecule has 1 N–H and O–H groups in total. The maximum atomic E-state index is 13.1. The molecule has 0 aromatic heterocycles. The third kappa shape index (κ3) is 6.55. The van der Waals surface area contributed by atoms with Crippen molar-refractivity contribution in [1.82, 2.24) is 0 Å². The van der Waals surface area contributed by atoms with E-state index in [4.69, 9.17) is 16.3 Å². The van der Waals surface area contributed by atoms with Gasteiger partial charge in [0.05, 0.1) is 0 Å². The lowest BCUT2D eigenvalue weighted by atomic mass is 10.0. The summed E-state index contributed by atoms with van der Waals surface area (Å²) in [6.07, 6.45) is 3.80. The molecule has 4 nitrogen and oxygen atoms in total. The van der Waals surface area contributed by atoms with Crippen molar-refractivity contribution in [3.8, 4) is 11.8 Å². The first-order chi connectivity index (χ1) is 15.9. The SMILES string of the molecule is C=CCc1cc(/C=C(/C#N)C(=O)Nc2ccc(C)c(Cl)c2)ccc1OCc1ccc(F)cc1. The molecule has 3 aromatic carbocycles. The first-order valence-corrected chi connectivity index (χ1v) is 10.6. The maximum absolute atomic E-state index is 13.1. The number of ether oxygens (including phenoxy) is 1. The van der Waals surface area contributed by atoms with Gasteiger partial charge in [0.25, 0.3) is 5.91 Å². The van der Waals surface area contributed by atoms with E-state index in [1.165, 1.54) is 18.2 Å². The van der Waals surface area contributed by atoms with Gasteiger partial charge >= 0.3 is 0 Å². The quantitative estimate of drug-likeness (QED) is 0.233. The van der Waals surface area contributed by atoms with Gasteiger partial charge in [0.15, 0.2) is 0 Å². The van der Waals surface area contributed by atoms with E-state index in [0.717, 1.165) is 16.7 Å². The Morgan fingerprint density at radius 1 is 1.18 bits per heavy atom. The number of rotatable bonds is 8. The first-order valence-electron chi connectivity index (χ1n) is 10.2. The second kappa shape index (κ2) is 11.1. The van der Waals surface area contributed by atoms with Crippen LogP contribution in [0.3, 0.4) is 0 Å². The average molecular weight is 461 g/mol. The van der Waals surface area contributed by atoms with Gasteiger partial charge in [0.2, 0.25) is 0 Å². The van der Waals surface area contributed by atoms with Gasteiger partial charge in [-0.2, -0.15) is 5.26 Å². The Kier molecular flexibility index (Phi) is 8.01. The van der Waals surface area contributed by atoms with Gasteiger partial charge in [-0.25, -0.2) is 4.39 Å². The van der Waals surface area contributed by atoms with E-state index in [-0.39, 0.29) is 18.0 Å². The number of nitriles is 1. The predicted molar refractivity (Wildman–Crippen MR) is 129 cm³/mol. The molecule has 0 heterocycles. The van der Waals surface area contributed by atoms with Crippen LogP contribution in [0, 0.1) is 24.1 Å².